The lowest BCUT2D eigenvalue weighted by Crippen LogP contribution is -2.49. The van der Waals surface area contributed by atoms with E-state index in [1.54, 1.807) is 25.1 Å². The van der Waals surface area contributed by atoms with Gasteiger partial charge < -0.3 is 9.84 Å². The maximum atomic E-state index is 12.8. The molecule has 0 bridgehead atoms. The fraction of sp³-hybridized carbons (Fsp3) is 0.316. The maximum absolute atomic E-state index is 12.8. The molecular formula is C19H22N4O4S2. The molecule has 10 heteroatoms. The Morgan fingerprint density at radius 1 is 1.31 bits per heavy atom. The molecule has 29 heavy (non-hydrogen) atoms. The smallest absolute Gasteiger partial charge is 0.246 e. The number of sulfonamides is 1. The second kappa shape index (κ2) is 8.75. The number of hydrogen-bond donors (Lipinski definition) is 1. The molecule has 3 rings (SSSR count). The maximum Gasteiger partial charge on any atom is 0.246 e. The van der Waals surface area contributed by atoms with E-state index in [0.717, 1.165) is 21.0 Å². The van der Waals surface area contributed by atoms with Crippen LogP contribution in [0, 0.1) is 6.92 Å². The van der Waals surface area contributed by atoms with Crippen molar-refractivity contribution in [2.75, 3.05) is 10.6 Å². The highest BCUT2D eigenvalue weighted by molar-refractivity contribution is 7.92. The molecule has 3 aromatic rings. The summed E-state index contributed by atoms with van der Waals surface area (Å²) in [5.41, 5.74) is 1.35. The summed E-state index contributed by atoms with van der Waals surface area (Å²) in [6, 6.07) is 9.90. The summed E-state index contributed by atoms with van der Waals surface area (Å²) in [4.78, 5) is 17.9. The normalized spacial score (nSPS) is 12.5. The van der Waals surface area contributed by atoms with Gasteiger partial charge in [-0.2, -0.15) is 4.98 Å². The fourth-order valence-corrected chi connectivity index (χ4v) is 4.79. The second-order valence-electron chi connectivity index (χ2n) is 6.53. The van der Waals surface area contributed by atoms with Crippen LogP contribution in [0.15, 0.2) is 46.3 Å². The summed E-state index contributed by atoms with van der Waals surface area (Å²) < 4.78 is 31.3. The van der Waals surface area contributed by atoms with Gasteiger partial charge in [0.25, 0.3) is 0 Å². The van der Waals surface area contributed by atoms with Crippen molar-refractivity contribution in [1.29, 1.82) is 0 Å². The minimum Gasteiger partial charge on any atom is -0.345 e. The van der Waals surface area contributed by atoms with Crippen molar-refractivity contribution in [3.63, 3.8) is 0 Å². The fourth-order valence-electron chi connectivity index (χ4n) is 2.94. The third-order valence-electron chi connectivity index (χ3n) is 4.21. The molecule has 1 N–H and O–H groups in total. The average Bonchev–Trinajstić information content (AvgIpc) is 3.34. The van der Waals surface area contributed by atoms with Crippen molar-refractivity contribution < 1.29 is 17.7 Å². The number of rotatable bonds is 8. The van der Waals surface area contributed by atoms with Gasteiger partial charge in [-0.05, 0) is 42.5 Å². The van der Waals surface area contributed by atoms with Gasteiger partial charge in [0.1, 0.15) is 6.04 Å². The van der Waals surface area contributed by atoms with Crippen LogP contribution < -0.4 is 9.62 Å². The van der Waals surface area contributed by atoms with Crippen LogP contribution in [0.2, 0.25) is 0 Å². The zero-order valence-electron chi connectivity index (χ0n) is 16.3. The number of benzene rings is 1. The highest BCUT2D eigenvalue weighted by Crippen LogP contribution is 2.24. The Labute approximate surface area is 173 Å². The minimum atomic E-state index is -3.68. The summed E-state index contributed by atoms with van der Waals surface area (Å²) in [5, 5.41) is 8.51. The summed E-state index contributed by atoms with van der Waals surface area (Å²) in [5.74, 6) is 0.266. The number of carbonyl (C=O) groups is 1. The van der Waals surface area contributed by atoms with Gasteiger partial charge in [-0.25, -0.2) is 8.42 Å². The van der Waals surface area contributed by atoms with Gasteiger partial charge in [0, 0.05) is 0 Å². The molecule has 0 saturated carbocycles. The molecule has 0 radical (unpaired) electrons. The summed E-state index contributed by atoms with van der Waals surface area (Å²) >= 11 is 1.48. The number of anilines is 1. The van der Waals surface area contributed by atoms with Crippen LogP contribution in [0.25, 0.3) is 10.7 Å². The Bertz CT molecular complexity index is 1080. The standard InChI is InChI=1S/C19H22N4O4S2/c1-4-15(23(29(3,25)26)14-8-5-7-13(2)11-14)19(24)20-12-17-21-18(22-27-17)16-9-6-10-28-16/h5-11,15H,4,12H2,1-3H3,(H,20,24)/t15-/m0/s1. The largest absolute Gasteiger partial charge is 0.345 e. The van der Waals surface area contributed by atoms with Crippen LogP contribution in [0.4, 0.5) is 5.69 Å². The van der Waals surface area contributed by atoms with Gasteiger partial charge in [-0.3, -0.25) is 9.10 Å². The van der Waals surface area contributed by atoms with Gasteiger partial charge in [0.15, 0.2) is 0 Å². The molecule has 1 amide bonds. The Hall–Kier alpha value is -2.72. The number of nitrogens with zero attached hydrogens (tertiary/aromatic N) is 3. The predicted octanol–water partition coefficient (Wildman–Crippen LogP) is 2.97. The van der Waals surface area contributed by atoms with Crippen molar-refractivity contribution in [1.82, 2.24) is 15.5 Å². The lowest BCUT2D eigenvalue weighted by Gasteiger charge is -2.30. The van der Waals surface area contributed by atoms with E-state index in [1.807, 2.05) is 30.5 Å². The van der Waals surface area contributed by atoms with Crippen molar-refractivity contribution in [3.05, 3.63) is 53.2 Å². The number of amides is 1. The summed E-state index contributed by atoms with van der Waals surface area (Å²) in [6.07, 6.45) is 1.40. The molecule has 2 aromatic heterocycles. The van der Waals surface area contributed by atoms with Crippen molar-refractivity contribution in [2.45, 2.75) is 32.9 Å². The first-order chi connectivity index (χ1) is 13.8. The number of hydrogen-bond acceptors (Lipinski definition) is 7. The number of thiophene rings is 1. The van der Waals surface area contributed by atoms with E-state index in [-0.39, 0.29) is 12.4 Å². The van der Waals surface area contributed by atoms with Gasteiger partial charge >= 0.3 is 0 Å². The molecule has 0 saturated heterocycles. The van der Waals surface area contributed by atoms with E-state index in [0.29, 0.717) is 17.9 Å². The monoisotopic (exact) mass is 434 g/mol. The third kappa shape index (κ3) is 5.01. The van der Waals surface area contributed by atoms with E-state index in [1.165, 1.54) is 11.3 Å². The van der Waals surface area contributed by atoms with Gasteiger partial charge in [0.2, 0.25) is 27.6 Å². The molecule has 1 atom stereocenters. The van der Waals surface area contributed by atoms with E-state index in [2.05, 4.69) is 15.5 Å². The summed E-state index contributed by atoms with van der Waals surface area (Å²) in [6.45, 7) is 3.64. The first kappa shape index (κ1) is 21.0. The average molecular weight is 435 g/mol. The van der Waals surface area contributed by atoms with Crippen LogP contribution in [0.3, 0.4) is 0 Å². The topological polar surface area (TPSA) is 105 Å². The van der Waals surface area contributed by atoms with Crippen molar-refractivity contribution in [3.8, 4) is 10.7 Å². The van der Waals surface area contributed by atoms with Crippen molar-refractivity contribution in [2.24, 2.45) is 0 Å². The molecule has 0 aliphatic heterocycles. The zero-order chi connectivity index (χ0) is 21.0. The molecule has 0 aliphatic carbocycles. The second-order valence-corrected chi connectivity index (χ2v) is 9.34. The number of aryl methyl sites for hydroxylation is 1. The van der Waals surface area contributed by atoms with Crippen molar-refractivity contribution >= 4 is 33.0 Å². The van der Waals surface area contributed by atoms with Crippen LogP contribution in [0.1, 0.15) is 24.8 Å². The van der Waals surface area contributed by atoms with Crippen LogP contribution in [-0.4, -0.2) is 36.8 Å². The Balaban J connectivity index is 1.76. The SMILES string of the molecule is CC[C@@H](C(=O)NCc1nc(-c2cccs2)no1)N(c1cccc(C)c1)S(C)(=O)=O. The molecule has 2 heterocycles. The number of carbonyl (C=O) groups excluding carboxylic acids is 1. The van der Waals surface area contributed by atoms with Crippen LogP contribution >= 0.6 is 11.3 Å². The quantitative estimate of drug-likeness (QED) is 0.584. The zero-order valence-corrected chi connectivity index (χ0v) is 18.0. The molecule has 0 aliphatic rings. The molecule has 0 unspecified atom stereocenters. The van der Waals surface area contributed by atoms with Gasteiger partial charge in [-0.15, -0.1) is 11.3 Å². The molecular weight excluding hydrogens is 412 g/mol. The Morgan fingerprint density at radius 2 is 2.10 bits per heavy atom. The highest BCUT2D eigenvalue weighted by Gasteiger charge is 2.31. The van der Waals surface area contributed by atoms with Crippen LogP contribution in [-0.2, 0) is 21.4 Å². The summed E-state index contributed by atoms with van der Waals surface area (Å²) in [7, 11) is -3.68. The van der Waals surface area contributed by atoms with E-state index >= 15 is 0 Å². The van der Waals surface area contributed by atoms with E-state index < -0.39 is 22.0 Å². The molecule has 0 spiro atoms. The molecule has 0 fully saturated rings. The molecule has 1 aromatic carbocycles. The first-order valence-electron chi connectivity index (χ1n) is 9.00. The van der Waals surface area contributed by atoms with E-state index in [4.69, 9.17) is 4.52 Å². The molecule has 8 nitrogen and oxygen atoms in total. The van der Waals surface area contributed by atoms with Gasteiger partial charge in [0.05, 0.1) is 23.4 Å². The number of aromatic nitrogens is 2. The predicted molar refractivity (Wildman–Crippen MR) is 112 cm³/mol. The van der Waals surface area contributed by atoms with E-state index in [9.17, 15) is 13.2 Å². The lowest BCUT2D eigenvalue weighted by atomic mass is 10.1. The van der Waals surface area contributed by atoms with Crippen LogP contribution in [0.5, 0.6) is 0 Å². The number of nitrogens with one attached hydrogen (secondary N) is 1. The molecule has 154 valence electrons. The first-order valence-corrected chi connectivity index (χ1v) is 11.7. The Kier molecular flexibility index (Phi) is 6.33. The minimum absolute atomic E-state index is 0.0130. The Morgan fingerprint density at radius 3 is 2.72 bits per heavy atom. The lowest BCUT2D eigenvalue weighted by molar-refractivity contribution is -0.122. The van der Waals surface area contributed by atoms with Gasteiger partial charge in [-0.1, -0.05) is 30.3 Å². The highest BCUT2D eigenvalue weighted by atomic mass is 32.2. The third-order valence-corrected chi connectivity index (χ3v) is 6.26.